The molecule has 5 nitrogen and oxygen atoms in total. The van der Waals surface area contributed by atoms with Gasteiger partial charge in [0.2, 0.25) is 10.0 Å². The van der Waals surface area contributed by atoms with E-state index in [1.165, 1.54) is 25.3 Å². The van der Waals surface area contributed by atoms with Crippen molar-refractivity contribution in [3.05, 3.63) is 23.3 Å². The molecule has 1 aliphatic rings. The van der Waals surface area contributed by atoms with E-state index in [0.717, 1.165) is 30.9 Å². The zero-order valence-corrected chi connectivity index (χ0v) is 13.6. The van der Waals surface area contributed by atoms with Crippen LogP contribution >= 0.6 is 0 Å². The standard InChI is InChI=1S/C15H24N2O3S/c1-12-13(2)15(21(16,18)19)7-6-14(12)20-11-10-17-8-4-3-5-9-17/h6-7H,3-5,8-11H2,1-2H3,(H2,16,18,19). The van der Waals surface area contributed by atoms with E-state index in [9.17, 15) is 8.42 Å². The summed E-state index contributed by atoms with van der Waals surface area (Å²) >= 11 is 0. The fourth-order valence-corrected chi connectivity index (χ4v) is 3.54. The molecule has 1 heterocycles. The molecule has 0 aliphatic carbocycles. The molecule has 0 saturated carbocycles. The molecule has 1 aromatic rings. The van der Waals surface area contributed by atoms with E-state index in [-0.39, 0.29) is 4.90 Å². The van der Waals surface area contributed by atoms with Crippen molar-refractivity contribution >= 4 is 10.0 Å². The third-order valence-corrected chi connectivity index (χ3v) is 5.16. The third kappa shape index (κ3) is 4.18. The summed E-state index contributed by atoms with van der Waals surface area (Å²) in [6.45, 7) is 7.44. The van der Waals surface area contributed by atoms with Crippen molar-refractivity contribution in [2.75, 3.05) is 26.2 Å². The van der Waals surface area contributed by atoms with Crippen molar-refractivity contribution in [3.63, 3.8) is 0 Å². The minimum Gasteiger partial charge on any atom is -0.492 e. The van der Waals surface area contributed by atoms with Gasteiger partial charge >= 0.3 is 0 Å². The van der Waals surface area contributed by atoms with Crippen LogP contribution in [0.15, 0.2) is 17.0 Å². The molecule has 0 radical (unpaired) electrons. The van der Waals surface area contributed by atoms with Crippen LogP contribution < -0.4 is 9.88 Å². The van der Waals surface area contributed by atoms with Gasteiger partial charge in [0.25, 0.3) is 0 Å². The Labute approximate surface area is 127 Å². The maximum Gasteiger partial charge on any atom is 0.238 e. The van der Waals surface area contributed by atoms with E-state index < -0.39 is 10.0 Å². The molecule has 0 unspecified atom stereocenters. The lowest BCUT2D eigenvalue weighted by molar-refractivity contribution is 0.183. The van der Waals surface area contributed by atoms with Gasteiger partial charge in [-0.05, 0) is 63.0 Å². The average Bonchev–Trinajstić information content (AvgIpc) is 2.43. The van der Waals surface area contributed by atoms with Gasteiger partial charge in [0.1, 0.15) is 12.4 Å². The summed E-state index contributed by atoms with van der Waals surface area (Å²) in [7, 11) is -3.67. The molecule has 1 fully saturated rings. The summed E-state index contributed by atoms with van der Waals surface area (Å²) < 4.78 is 28.7. The number of sulfonamides is 1. The van der Waals surface area contributed by atoms with Crippen LogP contribution in [0, 0.1) is 13.8 Å². The maximum absolute atomic E-state index is 11.5. The topological polar surface area (TPSA) is 72.6 Å². The van der Waals surface area contributed by atoms with Gasteiger partial charge < -0.3 is 4.74 Å². The molecule has 6 heteroatoms. The Morgan fingerprint density at radius 2 is 1.81 bits per heavy atom. The summed E-state index contributed by atoms with van der Waals surface area (Å²) in [6.07, 6.45) is 3.85. The van der Waals surface area contributed by atoms with E-state index in [1.807, 2.05) is 6.92 Å². The highest BCUT2D eigenvalue weighted by Gasteiger charge is 2.16. The van der Waals surface area contributed by atoms with Crippen LogP contribution in [0.4, 0.5) is 0 Å². The van der Waals surface area contributed by atoms with E-state index in [0.29, 0.717) is 12.2 Å². The summed E-state index contributed by atoms with van der Waals surface area (Å²) in [4.78, 5) is 2.58. The minimum absolute atomic E-state index is 0.170. The van der Waals surface area contributed by atoms with Gasteiger partial charge in [-0.3, -0.25) is 4.90 Å². The molecule has 0 spiro atoms. The summed E-state index contributed by atoms with van der Waals surface area (Å²) in [5.41, 5.74) is 1.49. The van der Waals surface area contributed by atoms with Crippen LogP contribution in [0.25, 0.3) is 0 Å². The maximum atomic E-state index is 11.5. The van der Waals surface area contributed by atoms with Gasteiger partial charge in [-0.1, -0.05) is 6.42 Å². The van der Waals surface area contributed by atoms with Gasteiger partial charge in [0.15, 0.2) is 0 Å². The van der Waals surface area contributed by atoms with Gasteiger partial charge in [-0.15, -0.1) is 0 Å². The van der Waals surface area contributed by atoms with Crippen LogP contribution in [0.5, 0.6) is 5.75 Å². The second-order valence-electron chi connectivity index (χ2n) is 5.61. The van der Waals surface area contributed by atoms with Crippen molar-refractivity contribution in [2.45, 2.75) is 38.0 Å². The minimum atomic E-state index is -3.67. The second-order valence-corrected chi connectivity index (χ2v) is 7.14. The lowest BCUT2D eigenvalue weighted by Crippen LogP contribution is -2.33. The number of nitrogens with two attached hydrogens (primary N) is 1. The zero-order chi connectivity index (χ0) is 15.5. The number of benzene rings is 1. The fourth-order valence-electron chi connectivity index (χ4n) is 2.70. The summed E-state index contributed by atoms with van der Waals surface area (Å²) in [5, 5.41) is 5.20. The first-order valence-corrected chi connectivity index (χ1v) is 8.92. The Kier molecular flexibility index (Phi) is 5.24. The number of rotatable bonds is 5. The Balaban J connectivity index is 1.99. The number of likely N-dealkylation sites (tertiary alicyclic amines) is 1. The van der Waals surface area contributed by atoms with E-state index >= 15 is 0 Å². The molecule has 21 heavy (non-hydrogen) atoms. The smallest absolute Gasteiger partial charge is 0.238 e. The van der Waals surface area contributed by atoms with Gasteiger partial charge in [0, 0.05) is 6.54 Å². The van der Waals surface area contributed by atoms with Crippen LogP contribution in [-0.4, -0.2) is 39.6 Å². The molecule has 0 aromatic heterocycles. The molecule has 118 valence electrons. The van der Waals surface area contributed by atoms with Crippen LogP contribution in [0.2, 0.25) is 0 Å². The molecular formula is C15H24N2O3S. The van der Waals surface area contributed by atoms with Crippen molar-refractivity contribution in [2.24, 2.45) is 5.14 Å². The Morgan fingerprint density at radius 1 is 1.14 bits per heavy atom. The first kappa shape index (κ1) is 16.3. The van der Waals surface area contributed by atoms with Crippen LogP contribution in [-0.2, 0) is 10.0 Å². The number of nitrogens with zero attached hydrogens (tertiary/aromatic N) is 1. The predicted octanol–water partition coefficient (Wildman–Crippen LogP) is 1.82. The highest BCUT2D eigenvalue weighted by molar-refractivity contribution is 7.89. The monoisotopic (exact) mass is 312 g/mol. The third-order valence-electron chi connectivity index (χ3n) is 4.11. The summed E-state index contributed by atoms with van der Waals surface area (Å²) in [5.74, 6) is 0.733. The van der Waals surface area contributed by atoms with Crippen molar-refractivity contribution in [1.29, 1.82) is 0 Å². The average molecular weight is 312 g/mol. The van der Waals surface area contributed by atoms with Gasteiger partial charge in [-0.2, -0.15) is 0 Å². The molecule has 1 saturated heterocycles. The van der Waals surface area contributed by atoms with E-state index in [2.05, 4.69) is 4.90 Å². The highest BCUT2D eigenvalue weighted by atomic mass is 32.2. The Hall–Kier alpha value is -1.11. The van der Waals surface area contributed by atoms with Crippen LogP contribution in [0.1, 0.15) is 30.4 Å². The first-order valence-electron chi connectivity index (χ1n) is 7.38. The van der Waals surface area contributed by atoms with Crippen LogP contribution in [0.3, 0.4) is 0 Å². The Bertz CT molecular complexity index is 593. The van der Waals surface area contributed by atoms with E-state index in [1.54, 1.807) is 13.0 Å². The molecule has 2 N–H and O–H groups in total. The van der Waals surface area contributed by atoms with Gasteiger partial charge in [-0.25, -0.2) is 13.6 Å². The molecule has 2 rings (SSSR count). The zero-order valence-electron chi connectivity index (χ0n) is 12.8. The normalized spacial score (nSPS) is 16.9. The van der Waals surface area contributed by atoms with Crippen molar-refractivity contribution in [3.8, 4) is 5.75 Å². The molecule has 1 aliphatic heterocycles. The first-order chi connectivity index (χ1) is 9.89. The van der Waals surface area contributed by atoms with Crippen molar-refractivity contribution < 1.29 is 13.2 Å². The summed E-state index contributed by atoms with van der Waals surface area (Å²) in [6, 6.07) is 3.21. The SMILES string of the molecule is Cc1c(OCCN2CCCCC2)ccc(S(N)(=O)=O)c1C. The molecule has 0 atom stereocenters. The lowest BCUT2D eigenvalue weighted by Gasteiger charge is -2.26. The number of piperidine rings is 1. The lowest BCUT2D eigenvalue weighted by atomic mass is 10.1. The fraction of sp³-hybridized carbons (Fsp3) is 0.600. The molecule has 0 amide bonds. The molecule has 1 aromatic carbocycles. The largest absolute Gasteiger partial charge is 0.492 e. The highest BCUT2D eigenvalue weighted by Crippen LogP contribution is 2.26. The number of hydrogen-bond acceptors (Lipinski definition) is 4. The quantitative estimate of drug-likeness (QED) is 0.900. The molecular weight excluding hydrogens is 288 g/mol. The second kappa shape index (κ2) is 6.77. The van der Waals surface area contributed by atoms with Gasteiger partial charge in [0.05, 0.1) is 4.90 Å². The van der Waals surface area contributed by atoms with Crippen molar-refractivity contribution in [1.82, 2.24) is 4.90 Å². The van der Waals surface area contributed by atoms with E-state index in [4.69, 9.17) is 9.88 Å². The molecule has 0 bridgehead atoms. The predicted molar refractivity (Wildman–Crippen MR) is 83.1 cm³/mol. The number of ether oxygens (including phenoxy) is 1. The Morgan fingerprint density at radius 3 is 2.43 bits per heavy atom. The number of hydrogen-bond donors (Lipinski definition) is 1. The number of primary sulfonamides is 1.